The van der Waals surface area contributed by atoms with E-state index in [1.54, 1.807) is 19.5 Å². The molecule has 24 heavy (non-hydrogen) atoms. The molecular formula is C18H19N5O. The molecular weight excluding hydrogens is 302 g/mol. The van der Waals surface area contributed by atoms with Gasteiger partial charge in [-0.15, -0.1) is 0 Å². The van der Waals surface area contributed by atoms with E-state index in [1.165, 1.54) is 5.69 Å². The maximum Gasteiger partial charge on any atom is 0.180 e. The van der Waals surface area contributed by atoms with E-state index >= 15 is 0 Å². The first-order valence-electron chi connectivity index (χ1n) is 8.05. The number of anilines is 2. The van der Waals surface area contributed by atoms with Gasteiger partial charge in [0, 0.05) is 50.3 Å². The van der Waals surface area contributed by atoms with Crippen LogP contribution >= 0.6 is 0 Å². The van der Waals surface area contributed by atoms with Crippen molar-refractivity contribution < 1.29 is 4.74 Å². The molecule has 6 heteroatoms. The van der Waals surface area contributed by atoms with Crippen molar-refractivity contribution in [2.45, 2.75) is 0 Å². The Labute approximate surface area is 140 Å². The van der Waals surface area contributed by atoms with Crippen molar-refractivity contribution in [1.82, 2.24) is 15.0 Å². The fourth-order valence-corrected chi connectivity index (χ4v) is 3.02. The minimum Gasteiger partial charge on any atom is -0.497 e. The van der Waals surface area contributed by atoms with Crippen LogP contribution in [-0.2, 0) is 0 Å². The largest absolute Gasteiger partial charge is 0.497 e. The Morgan fingerprint density at radius 2 is 1.71 bits per heavy atom. The number of benzene rings is 1. The molecule has 0 saturated carbocycles. The number of pyridine rings is 1. The monoisotopic (exact) mass is 321 g/mol. The molecule has 1 aliphatic heterocycles. The van der Waals surface area contributed by atoms with Crippen LogP contribution < -0.4 is 14.5 Å². The van der Waals surface area contributed by atoms with E-state index in [1.807, 2.05) is 24.3 Å². The number of piperazine rings is 1. The SMILES string of the molecule is COc1cccc(N2CCN(c3ccc4nccnc4n3)CC2)c1. The predicted octanol–water partition coefficient (Wildman–Crippen LogP) is 2.36. The molecule has 122 valence electrons. The van der Waals surface area contributed by atoms with Gasteiger partial charge in [0.05, 0.1) is 7.11 Å². The molecule has 1 fully saturated rings. The van der Waals surface area contributed by atoms with E-state index in [9.17, 15) is 0 Å². The second kappa shape index (κ2) is 6.31. The molecule has 0 bridgehead atoms. The Kier molecular flexibility index (Phi) is 3.86. The van der Waals surface area contributed by atoms with E-state index in [2.05, 4.69) is 36.9 Å². The number of fused-ring (bicyclic) bond motifs is 1. The van der Waals surface area contributed by atoms with Crippen LogP contribution in [0.1, 0.15) is 0 Å². The van der Waals surface area contributed by atoms with Gasteiger partial charge in [-0.25, -0.2) is 9.97 Å². The predicted molar refractivity (Wildman–Crippen MR) is 94.8 cm³/mol. The summed E-state index contributed by atoms with van der Waals surface area (Å²) in [5.74, 6) is 1.86. The zero-order valence-electron chi connectivity index (χ0n) is 13.6. The highest BCUT2D eigenvalue weighted by Gasteiger charge is 2.19. The molecule has 3 aromatic rings. The fraction of sp³-hybridized carbons (Fsp3) is 0.278. The summed E-state index contributed by atoms with van der Waals surface area (Å²) in [6.07, 6.45) is 3.37. The fourth-order valence-electron chi connectivity index (χ4n) is 3.02. The Morgan fingerprint density at radius 1 is 0.917 bits per heavy atom. The number of hydrogen-bond acceptors (Lipinski definition) is 6. The van der Waals surface area contributed by atoms with Crippen LogP contribution in [0.2, 0.25) is 0 Å². The van der Waals surface area contributed by atoms with E-state index < -0.39 is 0 Å². The lowest BCUT2D eigenvalue weighted by Crippen LogP contribution is -2.46. The quantitative estimate of drug-likeness (QED) is 0.738. The zero-order valence-corrected chi connectivity index (χ0v) is 13.6. The van der Waals surface area contributed by atoms with E-state index in [-0.39, 0.29) is 0 Å². The average molecular weight is 321 g/mol. The first kappa shape index (κ1) is 14.7. The molecule has 0 unspecified atom stereocenters. The summed E-state index contributed by atoms with van der Waals surface area (Å²) in [5.41, 5.74) is 2.73. The van der Waals surface area contributed by atoms with Crippen molar-refractivity contribution in [3.8, 4) is 5.75 Å². The summed E-state index contributed by atoms with van der Waals surface area (Å²) in [4.78, 5) is 17.9. The van der Waals surface area contributed by atoms with Crippen LogP contribution in [0.25, 0.3) is 11.2 Å². The van der Waals surface area contributed by atoms with Crippen molar-refractivity contribution in [2.24, 2.45) is 0 Å². The molecule has 2 aromatic heterocycles. The van der Waals surface area contributed by atoms with Crippen molar-refractivity contribution >= 4 is 22.7 Å². The van der Waals surface area contributed by atoms with Gasteiger partial charge < -0.3 is 14.5 Å². The lowest BCUT2D eigenvalue weighted by Gasteiger charge is -2.36. The van der Waals surface area contributed by atoms with Gasteiger partial charge >= 0.3 is 0 Å². The molecule has 1 aromatic carbocycles. The van der Waals surface area contributed by atoms with Crippen LogP contribution in [0.3, 0.4) is 0 Å². The smallest absolute Gasteiger partial charge is 0.180 e. The Bertz CT molecular complexity index is 845. The second-order valence-electron chi connectivity index (χ2n) is 5.74. The molecule has 0 aliphatic carbocycles. The van der Waals surface area contributed by atoms with Crippen LogP contribution in [0, 0.1) is 0 Å². The minimum absolute atomic E-state index is 0.699. The summed E-state index contributed by atoms with van der Waals surface area (Å²) in [6.45, 7) is 3.76. The number of rotatable bonds is 3. The summed E-state index contributed by atoms with van der Waals surface area (Å²) < 4.78 is 5.32. The lowest BCUT2D eigenvalue weighted by molar-refractivity contribution is 0.414. The minimum atomic E-state index is 0.699. The molecule has 0 amide bonds. The van der Waals surface area contributed by atoms with Gasteiger partial charge in [-0.1, -0.05) is 6.07 Å². The maximum atomic E-state index is 5.32. The lowest BCUT2D eigenvalue weighted by atomic mass is 10.2. The standard InChI is InChI=1S/C18H19N5O/c1-24-15-4-2-3-14(13-15)22-9-11-23(12-10-22)17-6-5-16-18(21-17)20-8-7-19-16/h2-8,13H,9-12H2,1H3. The molecule has 6 nitrogen and oxygen atoms in total. The number of aromatic nitrogens is 3. The first-order valence-corrected chi connectivity index (χ1v) is 8.05. The Balaban J connectivity index is 1.48. The molecule has 0 radical (unpaired) electrons. The van der Waals surface area contributed by atoms with Crippen LogP contribution in [0.5, 0.6) is 5.75 Å². The number of nitrogens with zero attached hydrogens (tertiary/aromatic N) is 5. The summed E-state index contributed by atoms with van der Waals surface area (Å²) in [7, 11) is 1.70. The van der Waals surface area contributed by atoms with Gasteiger partial charge in [0.15, 0.2) is 5.65 Å². The average Bonchev–Trinajstić information content (AvgIpc) is 2.68. The van der Waals surface area contributed by atoms with Gasteiger partial charge in [0.25, 0.3) is 0 Å². The normalized spacial score (nSPS) is 14.9. The first-order chi connectivity index (χ1) is 11.8. The van der Waals surface area contributed by atoms with Crippen molar-refractivity contribution in [2.75, 3.05) is 43.1 Å². The zero-order chi connectivity index (χ0) is 16.4. The van der Waals surface area contributed by atoms with Gasteiger partial charge in [0.2, 0.25) is 0 Å². The summed E-state index contributed by atoms with van der Waals surface area (Å²) in [6, 6.07) is 12.2. The Hall–Kier alpha value is -2.89. The molecule has 3 heterocycles. The van der Waals surface area contributed by atoms with Gasteiger partial charge in [-0.3, -0.25) is 4.98 Å². The van der Waals surface area contributed by atoms with Crippen LogP contribution in [-0.4, -0.2) is 48.2 Å². The van der Waals surface area contributed by atoms with E-state index in [0.29, 0.717) is 5.65 Å². The molecule has 4 rings (SSSR count). The van der Waals surface area contributed by atoms with Gasteiger partial charge in [-0.05, 0) is 24.3 Å². The summed E-state index contributed by atoms with van der Waals surface area (Å²) >= 11 is 0. The molecule has 1 aliphatic rings. The van der Waals surface area contributed by atoms with E-state index in [4.69, 9.17) is 4.74 Å². The van der Waals surface area contributed by atoms with E-state index in [0.717, 1.165) is 43.3 Å². The highest BCUT2D eigenvalue weighted by Crippen LogP contribution is 2.23. The second-order valence-corrected chi connectivity index (χ2v) is 5.74. The number of methoxy groups -OCH3 is 1. The summed E-state index contributed by atoms with van der Waals surface area (Å²) in [5, 5.41) is 0. The molecule has 0 N–H and O–H groups in total. The molecule has 0 spiro atoms. The molecule has 1 saturated heterocycles. The van der Waals surface area contributed by atoms with Crippen LogP contribution in [0.15, 0.2) is 48.8 Å². The third-order valence-corrected chi connectivity index (χ3v) is 4.34. The van der Waals surface area contributed by atoms with Gasteiger partial charge in [-0.2, -0.15) is 0 Å². The third-order valence-electron chi connectivity index (χ3n) is 4.34. The van der Waals surface area contributed by atoms with Gasteiger partial charge in [0.1, 0.15) is 17.1 Å². The number of ether oxygens (including phenoxy) is 1. The van der Waals surface area contributed by atoms with Crippen molar-refractivity contribution in [1.29, 1.82) is 0 Å². The highest BCUT2D eigenvalue weighted by atomic mass is 16.5. The Morgan fingerprint density at radius 3 is 2.54 bits per heavy atom. The topological polar surface area (TPSA) is 54.4 Å². The third kappa shape index (κ3) is 2.82. The molecule has 0 atom stereocenters. The van der Waals surface area contributed by atoms with Crippen molar-refractivity contribution in [3.05, 3.63) is 48.8 Å². The maximum absolute atomic E-state index is 5.32. The number of hydrogen-bond donors (Lipinski definition) is 0. The highest BCUT2D eigenvalue weighted by molar-refractivity contribution is 5.71. The van der Waals surface area contributed by atoms with Crippen molar-refractivity contribution in [3.63, 3.8) is 0 Å². The van der Waals surface area contributed by atoms with Crippen LogP contribution in [0.4, 0.5) is 11.5 Å².